The SMILES string of the molecule is COc1ccc(C(=O)NNC(=O)c2ccc[nH]2)cc1S(=O)(=O)N1CCCC[C@@H]1C. The van der Waals surface area contributed by atoms with Crippen LogP contribution in [0.25, 0.3) is 0 Å². The first-order valence-corrected chi connectivity index (χ1v) is 10.7. The predicted octanol–water partition coefficient (Wildman–Crippen LogP) is 1.66. The average molecular weight is 420 g/mol. The van der Waals surface area contributed by atoms with E-state index in [9.17, 15) is 18.0 Å². The van der Waals surface area contributed by atoms with Gasteiger partial charge in [-0.05, 0) is 50.1 Å². The molecule has 29 heavy (non-hydrogen) atoms. The van der Waals surface area contributed by atoms with Gasteiger partial charge in [-0.2, -0.15) is 4.31 Å². The second-order valence-electron chi connectivity index (χ2n) is 6.82. The van der Waals surface area contributed by atoms with Crippen molar-refractivity contribution in [3.05, 3.63) is 47.8 Å². The number of sulfonamides is 1. The summed E-state index contributed by atoms with van der Waals surface area (Å²) in [6, 6.07) is 7.22. The molecule has 1 aromatic carbocycles. The van der Waals surface area contributed by atoms with Crippen molar-refractivity contribution in [2.75, 3.05) is 13.7 Å². The second kappa shape index (κ2) is 8.66. The lowest BCUT2D eigenvalue weighted by molar-refractivity contribution is 0.0844. The third-order valence-electron chi connectivity index (χ3n) is 4.89. The van der Waals surface area contributed by atoms with Crippen molar-refractivity contribution >= 4 is 21.8 Å². The van der Waals surface area contributed by atoms with Gasteiger partial charge in [-0.25, -0.2) is 8.42 Å². The van der Waals surface area contributed by atoms with Gasteiger partial charge in [-0.1, -0.05) is 6.42 Å². The van der Waals surface area contributed by atoms with E-state index >= 15 is 0 Å². The third kappa shape index (κ3) is 4.43. The number of carbonyl (C=O) groups is 2. The molecule has 1 aliphatic heterocycles. The van der Waals surface area contributed by atoms with Crippen LogP contribution < -0.4 is 15.6 Å². The van der Waals surface area contributed by atoms with Gasteiger partial charge in [0.1, 0.15) is 16.3 Å². The van der Waals surface area contributed by atoms with E-state index in [1.807, 2.05) is 6.92 Å². The third-order valence-corrected chi connectivity index (χ3v) is 6.92. The van der Waals surface area contributed by atoms with E-state index < -0.39 is 21.8 Å². The molecule has 1 atom stereocenters. The molecule has 0 aliphatic carbocycles. The monoisotopic (exact) mass is 420 g/mol. The zero-order valence-corrected chi connectivity index (χ0v) is 17.1. The second-order valence-corrected chi connectivity index (χ2v) is 8.68. The minimum Gasteiger partial charge on any atom is -0.495 e. The maximum Gasteiger partial charge on any atom is 0.286 e. The van der Waals surface area contributed by atoms with Crippen LogP contribution in [-0.2, 0) is 10.0 Å². The number of rotatable bonds is 5. The van der Waals surface area contributed by atoms with Crippen LogP contribution in [0.3, 0.4) is 0 Å². The lowest BCUT2D eigenvalue weighted by atomic mass is 10.1. The molecule has 9 nitrogen and oxygen atoms in total. The molecular formula is C19H24N4O5S. The first-order valence-electron chi connectivity index (χ1n) is 9.28. The number of aromatic nitrogens is 1. The van der Waals surface area contributed by atoms with E-state index in [2.05, 4.69) is 15.8 Å². The Morgan fingerprint density at radius 3 is 2.59 bits per heavy atom. The summed E-state index contributed by atoms with van der Waals surface area (Å²) in [6.45, 7) is 2.30. The Balaban J connectivity index is 1.82. The number of hydrogen-bond donors (Lipinski definition) is 3. The van der Waals surface area contributed by atoms with Gasteiger partial charge >= 0.3 is 0 Å². The topological polar surface area (TPSA) is 121 Å². The van der Waals surface area contributed by atoms with Gasteiger partial charge in [0.2, 0.25) is 10.0 Å². The number of hydrogen-bond acceptors (Lipinski definition) is 5. The molecule has 0 unspecified atom stereocenters. The summed E-state index contributed by atoms with van der Waals surface area (Å²) in [4.78, 5) is 27.0. The molecule has 1 aliphatic rings. The standard InChI is InChI=1S/C19H24N4O5S/c1-13-6-3-4-11-23(13)29(26,27)17-12-14(8-9-16(17)28-2)18(24)21-22-19(25)15-7-5-10-20-15/h5,7-10,12-13,20H,3-4,6,11H2,1-2H3,(H,21,24)(H,22,25)/t13-/m0/s1. The van der Waals surface area contributed by atoms with E-state index in [0.717, 1.165) is 19.3 Å². The molecule has 0 bridgehead atoms. The Labute approximate surface area is 169 Å². The molecule has 156 valence electrons. The number of methoxy groups -OCH3 is 1. The number of nitrogens with zero attached hydrogens (tertiary/aromatic N) is 1. The fraction of sp³-hybridized carbons (Fsp3) is 0.368. The highest BCUT2D eigenvalue weighted by molar-refractivity contribution is 7.89. The number of aromatic amines is 1. The van der Waals surface area contributed by atoms with Gasteiger partial charge < -0.3 is 9.72 Å². The van der Waals surface area contributed by atoms with Gasteiger partial charge in [0.15, 0.2) is 0 Å². The number of carbonyl (C=O) groups excluding carboxylic acids is 2. The number of hydrazine groups is 1. The van der Waals surface area contributed by atoms with Crippen LogP contribution in [0.5, 0.6) is 5.75 Å². The van der Waals surface area contributed by atoms with Crippen LogP contribution in [0.2, 0.25) is 0 Å². The van der Waals surface area contributed by atoms with Crippen LogP contribution in [0.1, 0.15) is 47.0 Å². The highest BCUT2D eigenvalue weighted by Gasteiger charge is 2.33. The fourth-order valence-corrected chi connectivity index (χ4v) is 5.18. The van der Waals surface area contributed by atoms with Crippen LogP contribution in [0.15, 0.2) is 41.4 Å². The number of amides is 2. The van der Waals surface area contributed by atoms with Crippen molar-refractivity contribution < 1.29 is 22.7 Å². The molecule has 3 N–H and O–H groups in total. The lowest BCUT2D eigenvalue weighted by Gasteiger charge is -2.32. The van der Waals surface area contributed by atoms with Gasteiger partial charge in [-0.15, -0.1) is 0 Å². The predicted molar refractivity (Wildman–Crippen MR) is 106 cm³/mol. The molecule has 10 heteroatoms. The highest BCUT2D eigenvalue weighted by atomic mass is 32.2. The minimum atomic E-state index is -3.84. The summed E-state index contributed by atoms with van der Waals surface area (Å²) in [5.74, 6) is -1.00. The molecule has 3 rings (SSSR count). The molecule has 2 amide bonds. The zero-order valence-electron chi connectivity index (χ0n) is 16.3. The summed E-state index contributed by atoms with van der Waals surface area (Å²) in [7, 11) is -2.46. The van der Waals surface area contributed by atoms with Crippen molar-refractivity contribution in [2.45, 2.75) is 37.1 Å². The van der Waals surface area contributed by atoms with Gasteiger partial charge in [0.05, 0.1) is 7.11 Å². The average Bonchev–Trinajstić information content (AvgIpc) is 3.26. The van der Waals surface area contributed by atoms with Gasteiger partial charge in [0, 0.05) is 24.3 Å². The van der Waals surface area contributed by atoms with Crippen LogP contribution >= 0.6 is 0 Å². The molecule has 0 radical (unpaired) electrons. The van der Waals surface area contributed by atoms with E-state index in [-0.39, 0.29) is 27.9 Å². The molecule has 0 spiro atoms. The normalized spacial score (nSPS) is 17.5. The van der Waals surface area contributed by atoms with Gasteiger partial charge in [-0.3, -0.25) is 20.4 Å². The summed E-state index contributed by atoms with van der Waals surface area (Å²) in [5, 5.41) is 0. The summed E-state index contributed by atoms with van der Waals surface area (Å²) >= 11 is 0. The largest absolute Gasteiger partial charge is 0.495 e. The van der Waals surface area contributed by atoms with E-state index in [0.29, 0.717) is 6.54 Å². The maximum absolute atomic E-state index is 13.2. The molecule has 1 aromatic heterocycles. The van der Waals surface area contributed by atoms with E-state index in [1.165, 1.54) is 29.6 Å². The molecule has 0 saturated carbocycles. The number of piperidine rings is 1. The van der Waals surface area contributed by atoms with Crippen LogP contribution in [0.4, 0.5) is 0 Å². The summed E-state index contributed by atoms with van der Waals surface area (Å²) < 4.78 is 33.1. The quantitative estimate of drug-likeness (QED) is 0.636. The minimum absolute atomic E-state index is 0.0721. The van der Waals surface area contributed by atoms with Crippen molar-refractivity contribution in [3.8, 4) is 5.75 Å². The summed E-state index contributed by atoms with van der Waals surface area (Å²) in [6.07, 6.45) is 4.13. The fourth-order valence-electron chi connectivity index (χ4n) is 3.30. The molecule has 1 saturated heterocycles. The Morgan fingerprint density at radius 2 is 1.93 bits per heavy atom. The summed E-state index contributed by atoms with van der Waals surface area (Å²) in [5.41, 5.74) is 4.93. The van der Waals surface area contributed by atoms with Crippen molar-refractivity contribution in [2.24, 2.45) is 0 Å². The number of benzene rings is 1. The zero-order chi connectivity index (χ0) is 21.0. The van der Waals surface area contributed by atoms with Crippen molar-refractivity contribution in [3.63, 3.8) is 0 Å². The Kier molecular flexibility index (Phi) is 6.23. The van der Waals surface area contributed by atoms with Crippen LogP contribution in [0, 0.1) is 0 Å². The number of ether oxygens (including phenoxy) is 1. The van der Waals surface area contributed by atoms with E-state index in [1.54, 1.807) is 18.3 Å². The highest BCUT2D eigenvalue weighted by Crippen LogP contribution is 2.31. The van der Waals surface area contributed by atoms with Crippen LogP contribution in [-0.4, -0.2) is 49.2 Å². The number of nitrogens with one attached hydrogen (secondary N) is 3. The molecule has 2 heterocycles. The maximum atomic E-state index is 13.2. The Hall–Kier alpha value is -2.85. The molecule has 1 fully saturated rings. The smallest absolute Gasteiger partial charge is 0.286 e. The molecule has 2 aromatic rings. The first-order chi connectivity index (χ1) is 13.8. The Bertz CT molecular complexity index is 988. The Morgan fingerprint density at radius 1 is 1.17 bits per heavy atom. The lowest BCUT2D eigenvalue weighted by Crippen LogP contribution is -2.43. The van der Waals surface area contributed by atoms with Crippen molar-refractivity contribution in [1.29, 1.82) is 0 Å². The first kappa shape index (κ1) is 20.9. The van der Waals surface area contributed by atoms with Gasteiger partial charge in [0.25, 0.3) is 11.8 Å². The number of H-pyrrole nitrogens is 1. The van der Waals surface area contributed by atoms with E-state index in [4.69, 9.17) is 4.74 Å². The van der Waals surface area contributed by atoms with Crippen molar-refractivity contribution in [1.82, 2.24) is 20.1 Å². The molecular weight excluding hydrogens is 396 g/mol.